The van der Waals surface area contributed by atoms with E-state index in [-0.39, 0.29) is 33.5 Å². The molecular weight excluding hydrogens is 486 g/mol. The molecule has 2 aromatic carbocycles. The number of thiazole rings is 1. The lowest BCUT2D eigenvalue weighted by molar-refractivity contribution is -0.126. The maximum atomic E-state index is 13.4. The third kappa shape index (κ3) is 6.35. The summed E-state index contributed by atoms with van der Waals surface area (Å²) in [4.78, 5) is 29.1. The minimum absolute atomic E-state index is 0.00906. The Labute approximate surface area is 199 Å². The summed E-state index contributed by atoms with van der Waals surface area (Å²) in [5.74, 6) is -2.80. The molecule has 1 atom stereocenters. The number of sulfone groups is 1. The first-order valence-electron chi connectivity index (χ1n) is 10.2. The monoisotopic (exact) mass is 508 g/mol. The number of carbonyl (C=O) groups is 2. The van der Waals surface area contributed by atoms with Crippen molar-refractivity contribution >= 4 is 43.8 Å². The standard InChI is InChI=1S/C22H22F2N4O4S2/c1-2-3-18(26-19(29)10-13-8-14(23)11-15(24)9-13)21(30)28-22-27-20(12-33-22)34(31,32)17-6-4-16(25)5-7-17/h4-9,11-12,18H,2-3,10,25H2,1H3,(H,26,29)(H,27,28,30). The van der Waals surface area contributed by atoms with E-state index >= 15 is 0 Å². The lowest BCUT2D eigenvalue weighted by Crippen LogP contribution is -2.44. The van der Waals surface area contributed by atoms with Crippen molar-refractivity contribution < 1.29 is 26.8 Å². The van der Waals surface area contributed by atoms with Gasteiger partial charge in [0.25, 0.3) is 0 Å². The van der Waals surface area contributed by atoms with Gasteiger partial charge in [0.2, 0.25) is 21.7 Å². The number of hydrogen-bond acceptors (Lipinski definition) is 7. The molecule has 2 amide bonds. The van der Waals surface area contributed by atoms with Crippen molar-refractivity contribution in [3.8, 4) is 0 Å². The number of anilines is 2. The molecule has 180 valence electrons. The minimum Gasteiger partial charge on any atom is -0.399 e. The molecule has 0 saturated heterocycles. The number of benzene rings is 2. The zero-order chi connectivity index (χ0) is 24.9. The average molecular weight is 509 g/mol. The molecule has 0 fully saturated rings. The van der Waals surface area contributed by atoms with Crippen LogP contribution in [0.5, 0.6) is 0 Å². The Balaban J connectivity index is 1.68. The van der Waals surface area contributed by atoms with Crippen molar-refractivity contribution in [2.45, 2.75) is 42.1 Å². The van der Waals surface area contributed by atoms with E-state index < -0.39 is 39.3 Å². The number of hydrogen-bond donors (Lipinski definition) is 3. The van der Waals surface area contributed by atoms with E-state index in [9.17, 15) is 26.8 Å². The molecule has 1 aromatic heterocycles. The van der Waals surface area contributed by atoms with Crippen LogP contribution in [0, 0.1) is 11.6 Å². The number of rotatable bonds is 9. The van der Waals surface area contributed by atoms with E-state index in [0.29, 0.717) is 18.2 Å². The summed E-state index contributed by atoms with van der Waals surface area (Å²) in [6.07, 6.45) is 0.530. The topological polar surface area (TPSA) is 131 Å². The van der Waals surface area contributed by atoms with Crippen molar-refractivity contribution in [2.75, 3.05) is 11.1 Å². The van der Waals surface area contributed by atoms with Crippen molar-refractivity contribution in [3.63, 3.8) is 0 Å². The van der Waals surface area contributed by atoms with E-state index in [1.165, 1.54) is 29.6 Å². The number of nitrogen functional groups attached to an aromatic ring is 1. The van der Waals surface area contributed by atoms with Gasteiger partial charge in [-0.05, 0) is 48.4 Å². The molecule has 0 radical (unpaired) electrons. The van der Waals surface area contributed by atoms with E-state index in [1.54, 1.807) is 0 Å². The van der Waals surface area contributed by atoms with E-state index in [0.717, 1.165) is 23.5 Å². The fourth-order valence-corrected chi connectivity index (χ4v) is 5.33. The summed E-state index contributed by atoms with van der Waals surface area (Å²) in [6, 6.07) is 7.46. The van der Waals surface area contributed by atoms with Gasteiger partial charge in [-0.15, -0.1) is 11.3 Å². The van der Waals surface area contributed by atoms with Crippen LogP contribution in [-0.4, -0.2) is 31.3 Å². The Kier molecular flexibility index (Phi) is 7.94. The largest absolute Gasteiger partial charge is 0.399 e. The van der Waals surface area contributed by atoms with Gasteiger partial charge in [-0.1, -0.05) is 13.3 Å². The van der Waals surface area contributed by atoms with Crippen molar-refractivity contribution in [2.24, 2.45) is 0 Å². The van der Waals surface area contributed by atoms with Gasteiger partial charge in [0.05, 0.1) is 11.3 Å². The summed E-state index contributed by atoms with van der Waals surface area (Å²) in [7, 11) is -3.90. The molecule has 12 heteroatoms. The number of amides is 2. The molecule has 0 bridgehead atoms. The highest BCUT2D eigenvalue weighted by atomic mass is 32.2. The molecule has 1 heterocycles. The van der Waals surface area contributed by atoms with Gasteiger partial charge in [0.1, 0.15) is 17.7 Å². The molecular formula is C22H22F2N4O4S2. The zero-order valence-electron chi connectivity index (χ0n) is 18.0. The lowest BCUT2D eigenvalue weighted by atomic mass is 10.1. The quantitative estimate of drug-likeness (QED) is 0.380. The zero-order valence-corrected chi connectivity index (χ0v) is 19.7. The van der Waals surface area contributed by atoms with Gasteiger partial charge in [-0.2, -0.15) is 0 Å². The first kappa shape index (κ1) is 25.2. The summed E-state index contributed by atoms with van der Waals surface area (Å²) in [6.45, 7) is 1.81. The van der Waals surface area contributed by atoms with Crippen LogP contribution in [0.2, 0.25) is 0 Å². The van der Waals surface area contributed by atoms with E-state index in [2.05, 4.69) is 15.6 Å². The number of nitrogens with two attached hydrogens (primary N) is 1. The molecule has 0 saturated carbocycles. The molecule has 0 aliphatic rings. The van der Waals surface area contributed by atoms with E-state index in [4.69, 9.17) is 5.73 Å². The first-order valence-corrected chi connectivity index (χ1v) is 12.6. The summed E-state index contributed by atoms with van der Waals surface area (Å²) in [5, 5.41) is 6.17. The lowest BCUT2D eigenvalue weighted by Gasteiger charge is -2.17. The maximum Gasteiger partial charge on any atom is 0.248 e. The van der Waals surface area contributed by atoms with Crippen molar-refractivity contribution in [3.05, 3.63) is 65.0 Å². The third-order valence-electron chi connectivity index (χ3n) is 4.70. The number of nitrogens with zero attached hydrogens (tertiary/aromatic N) is 1. The van der Waals surface area contributed by atoms with Crippen LogP contribution in [0.4, 0.5) is 19.6 Å². The Hall–Kier alpha value is -3.38. The SMILES string of the molecule is CCCC(NC(=O)Cc1cc(F)cc(F)c1)C(=O)Nc1nc(S(=O)(=O)c2ccc(N)cc2)cs1. The van der Waals surface area contributed by atoms with Crippen LogP contribution < -0.4 is 16.4 Å². The highest BCUT2D eigenvalue weighted by molar-refractivity contribution is 7.91. The molecule has 34 heavy (non-hydrogen) atoms. The molecule has 3 rings (SSSR count). The Morgan fingerprint density at radius 1 is 1.12 bits per heavy atom. The molecule has 0 spiro atoms. The van der Waals surface area contributed by atoms with Gasteiger partial charge < -0.3 is 16.4 Å². The van der Waals surface area contributed by atoms with Gasteiger partial charge in [-0.25, -0.2) is 22.2 Å². The van der Waals surface area contributed by atoms with Gasteiger partial charge in [0, 0.05) is 17.1 Å². The third-order valence-corrected chi connectivity index (χ3v) is 7.25. The smallest absolute Gasteiger partial charge is 0.248 e. The van der Waals surface area contributed by atoms with E-state index in [1.807, 2.05) is 6.92 Å². The second-order valence-electron chi connectivity index (χ2n) is 7.42. The highest BCUT2D eigenvalue weighted by Gasteiger charge is 2.24. The molecule has 0 aliphatic heterocycles. The number of halogens is 2. The molecule has 8 nitrogen and oxygen atoms in total. The minimum atomic E-state index is -3.90. The van der Waals surface area contributed by atoms with Crippen LogP contribution in [0.3, 0.4) is 0 Å². The van der Waals surface area contributed by atoms with Crippen LogP contribution >= 0.6 is 11.3 Å². The summed E-state index contributed by atoms with van der Waals surface area (Å²) in [5.41, 5.74) is 6.13. The number of aromatic nitrogens is 1. The molecule has 1 unspecified atom stereocenters. The first-order chi connectivity index (χ1) is 16.1. The van der Waals surface area contributed by atoms with Crippen LogP contribution in [-0.2, 0) is 25.8 Å². The van der Waals surface area contributed by atoms with Crippen molar-refractivity contribution in [1.82, 2.24) is 10.3 Å². The average Bonchev–Trinajstić information content (AvgIpc) is 3.22. The second-order valence-corrected chi connectivity index (χ2v) is 10.2. The molecule has 0 aliphatic carbocycles. The van der Waals surface area contributed by atoms with Gasteiger partial charge in [0.15, 0.2) is 10.2 Å². The maximum absolute atomic E-state index is 13.4. The molecule has 3 aromatic rings. The fraction of sp³-hybridized carbons (Fsp3) is 0.227. The fourth-order valence-electron chi connectivity index (χ4n) is 3.10. The Morgan fingerprint density at radius 3 is 2.38 bits per heavy atom. The number of carbonyl (C=O) groups excluding carboxylic acids is 2. The Morgan fingerprint density at radius 2 is 1.76 bits per heavy atom. The summed E-state index contributed by atoms with van der Waals surface area (Å²) < 4.78 is 52.2. The van der Waals surface area contributed by atoms with Gasteiger partial charge in [-0.3, -0.25) is 9.59 Å². The second kappa shape index (κ2) is 10.7. The predicted molar refractivity (Wildman–Crippen MR) is 124 cm³/mol. The highest BCUT2D eigenvalue weighted by Crippen LogP contribution is 2.26. The van der Waals surface area contributed by atoms with Crippen LogP contribution in [0.1, 0.15) is 25.3 Å². The summed E-state index contributed by atoms with van der Waals surface area (Å²) >= 11 is 0.920. The number of nitrogens with one attached hydrogen (secondary N) is 2. The van der Waals surface area contributed by atoms with Gasteiger partial charge >= 0.3 is 0 Å². The Bertz CT molecular complexity index is 1270. The van der Waals surface area contributed by atoms with Crippen LogP contribution in [0.15, 0.2) is 57.8 Å². The predicted octanol–water partition coefficient (Wildman–Crippen LogP) is 3.30. The van der Waals surface area contributed by atoms with Crippen molar-refractivity contribution in [1.29, 1.82) is 0 Å². The molecule has 4 N–H and O–H groups in total. The van der Waals surface area contributed by atoms with Crippen LogP contribution in [0.25, 0.3) is 0 Å². The normalized spacial score (nSPS) is 12.2.